The Bertz CT molecular complexity index is 2520. The molecule has 5 aromatic rings. The van der Waals surface area contributed by atoms with Crippen LogP contribution in [0.25, 0.3) is 22.0 Å². The van der Waals surface area contributed by atoms with E-state index in [0.717, 1.165) is 48.2 Å². The number of carbonyl (C=O) groups excluding carboxylic acids is 2. The number of carbonyl (C=O) groups is 2. The normalized spacial score (nSPS) is 16.9. The van der Waals surface area contributed by atoms with E-state index in [-0.39, 0.29) is 55.2 Å². The van der Waals surface area contributed by atoms with Crippen LogP contribution in [0.3, 0.4) is 0 Å². The molecule has 1 unspecified atom stereocenters. The van der Waals surface area contributed by atoms with Gasteiger partial charge >= 0.3 is 18.4 Å². The summed E-state index contributed by atoms with van der Waals surface area (Å²) in [6.07, 6.45) is -7.86. The third-order valence-corrected chi connectivity index (χ3v) is 11.8. The highest BCUT2D eigenvalue weighted by Gasteiger charge is 2.54. The molecule has 0 radical (unpaired) electrons. The second kappa shape index (κ2) is 16.9. The molecule has 332 valence electrons. The van der Waals surface area contributed by atoms with E-state index in [4.69, 9.17) is 16.6 Å². The Hall–Kier alpha value is -5.05. The number of hydrogen-bond donors (Lipinski definition) is 1. The molecule has 3 amide bonds. The molecule has 10 nitrogen and oxygen atoms in total. The molecule has 2 aliphatic rings. The number of pyridine rings is 1. The molecule has 1 aliphatic heterocycles. The number of aromatic nitrogens is 5. The summed E-state index contributed by atoms with van der Waals surface area (Å²) in [5.41, 5.74) is -3.28. The highest BCUT2D eigenvalue weighted by molar-refractivity contribution is 8.00. The zero-order valence-corrected chi connectivity index (χ0v) is 34.6. The van der Waals surface area contributed by atoms with E-state index in [1.54, 1.807) is 13.0 Å². The summed E-state index contributed by atoms with van der Waals surface area (Å²) in [5, 5.41) is 10.1. The summed E-state index contributed by atoms with van der Waals surface area (Å²) in [6, 6.07) is 6.26. The lowest BCUT2D eigenvalue weighted by atomic mass is 9.93. The largest absolute Gasteiger partial charge is 0.435 e. The Kier molecular flexibility index (Phi) is 12.3. The number of nitrogens with one attached hydrogen (secondary N) is 1. The minimum absolute atomic E-state index is 0.0187. The van der Waals surface area contributed by atoms with Gasteiger partial charge in [0.05, 0.1) is 27.7 Å². The molecule has 62 heavy (non-hydrogen) atoms. The van der Waals surface area contributed by atoms with Gasteiger partial charge in [0.25, 0.3) is 5.92 Å². The Labute approximate surface area is 356 Å². The summed E-state index contributed by atoms with van der Waals surface area (Å²) < 4.78 is 147. The molecule has 1 saturated heterocycles. The van der Waals surface area contributed by atoms with Crippen molar-refractivity contribution in [3.63, 3.8) is 0 Å². The van der Waals surface area contributed by atoms with Crippen LogP contribution in [-0.2, 0) is 49.2 Å². The topological polar surface area (TPSA) is 101 Å². The molecule has 2 atom stereocenters. The summed E-state index contributed by atoms with van der Waals surface area (Å²) in [5.74, 6) is -8.71. The van der Waals surface area contributed by atoms with Crippen molar-refractivity contribution in [3.05, 3.63) is 93.0 Å². The molecular formula is C40H37ClF10N8O2S. The first-order valence-corrected chi connectivity index (χ1v) is 20.9. The number of aryl methyl sites for hydroxylation is 1. The van der Waals surface area contributed by atoms with Crippen molar-refractivity contribution in [2.24, 2.45) is 5.92 Å². The van der Waals surface area contributed by atoms with Crippen LogP contribution in [0.5, 0.6) is 0 Å². The summed E-state index contributed by atoms with van der Waals surface area (Å²) in [6.45, 7) is 0.801. The van der Waals surface area contributed by atoms with E-state index in [9.17, 15) is 44.7 Å². The predicted octanol–water partition coefficient (Wildman–Crippen LogP) is 10.1. The first-order valence-electron chi connectivity index (χ1n) is 19.3. The Morgan fingerprint density at radius 3 is 2.26 bits per heavy atom. The standard InChI is InChI=1S/C40H37ClF10N8O2S/c1-4-24-7-8-25(26-9-10-28(41)31-33(26)58(19-38(44,45)46)55-36(31)59(62-3)37(61)56-11-5-6-12-56)32(52-24)29(16-21-14-22(42)17-23(43)15-21)53-30(60)18-57-35-27(13-20(2)39(35,47)48)34(54-57)40(49,50)51/h7-10,14-15,17,20,29H,4-6,11-13,16,18-19H2,1-3H3,(H,53,60)/t20-,29?/m1/s1. The lowest BCUT2D eigenvalue weighted by Crippen LogP contribution is -2.38. The van der Waals surface area contributed by atoms with Crippen molar-refractivity contribution in [1.29, 1.82) is 0 Å². The molecule has 3 aromatic heterocycles. The molecular weight excluding hydrogens is 882 g/mol. The number of likely N-dealkylation sites (tertiary alicyclic amines) is 1. The molecule has 0 bridgehead atoms. The quantitative estimate of drug-likeness (QED) is 0.105. The highest BCUT2D eigenvalue weighted by atomic mass is 35.5. The summed E-state index contributed by atoms with van der Waals surface area (Å²) in [7, 11) is 0. The number of nitrogens with zero attached hydrogens (tertiary/aromatic N) is 7. The molecule has 7 rings (SSSR count). The van der Waals surface area contributed by atoms with Gasteiger partial charge in [-0.1, -0.05) is 37.6 Å². The fraction of sp³-hybridized carbons (Fsp3) is 0.425. The van der Waals surface area contributed by atoms with Crippen LogP contribution < -0.4 is 9.62 Å². The number of halogens is 11. The molecule has 2 aromatic carbocycles. The van der Waals surface area contributed by atoms with Gasteiger partial charge in [0.1, 0.15) is 30.4 Å². The van der Waals surface area contributed by atoms with Crippen LogP contribution in [-0.4, -0.2) is 66.9 Å². The lowest BCUT2D eigenvalue weighted by Gasteiger charge is -2.24. The molecule has 4 heterocycles. The van der Waals surface area contributed by atoms with Crippen molar-refractivity contribution in [2.45, 2.75) is 83.4 Å². The number of amides is 3. The number of anilines is 1. The average molecular weight is 919 g/mol. The molecule has 0 spiro atoms. The number of rotatable bonds is 11. The minimum Gasteiger partial charge on any atom is -0.346 e. The molecule has 0 saturated carbocycles. The fourth-order valence-electron chi connectivity index (χ4n) is 8.04. The Morgan fingerprint density at radius 2 is 1.65 bits per heavy atom. The first kappa shape index (κ1) is 45.0. The molecule has 1 fully saturated rings. The lowest BCUT2D eigenvalue weighted by molar-refractivity contribution is -0.143. The molecule has 1 N–H and O–H groups in total. The summed E-state index contributed by atoms with van der Waals surface area (Å²) in [4.78, 5) is 33.9. The number of fused-ring (bicyclic) bond motifs is 2. The van der Waals surface area contributed by atoms with Crippen LogP contribution in [0.1, 0.15) is 66.6 Å². The van der Waals surface area contributed by atoms with Crippen LogP contribution in [0.4, 0.5) is 54.5 Å². The SMILES string of the molecule is CCc1ccc(-c2ccc(Cl)c3c(N(SC)C(=O)N4CCCC4)nn(CC(F)(F)F)c23)c(C(Cc2cc(F)cc(F)c2)NC(=O)Cn2nc(C(F)(F)F)c3c2C(F)(F)[C@H](C)C3)n1. The van der Waals surface area contributed by atoms with E-state index < -0.39 is 96.7 Å². The molecule has 1 aliphatic carbocycles. The van der Waals surface area contributed by atoms with Crippen LogP contribution >= 0.6 is 23.5 Å². The number of urea groups is 1. The van der Waals surface area contributed by atoms with E-state index >= 15 is 8.78 Å². The van der Waals surface area contributed by atoms with E-state index in [1.165, 1.54) is 29.4 Å². The summed E-state index contributed by atoms with van der Waals surface area (Å²) >= 11 is 7.63. The van der Waals surface area contributed by atoms with Gasteiger partial charge in [-0.15, -0.1) is 0 Å². The van der Waals surface area contributed by atoms with Gasteiger partial charge in [0.2, 0.25) is 5.91 Å². The van der Waals surface area contributed by atoms with E-state index in [2.05, 4.69) is 15.5 Å². The highest BCUT2D eigenvalue weighted by Crippen LogP contribution is 2.50. The third-order valence-electron chi connectivity index (χ3n) is 10.8. The fourth-order valence-corrected chi connectivity index (χ4v) is 8.85. The van der Waals surface area contributed by atoms with Crippen LogP contribution in [0, 0.1) is 17.6 Å². The zero-order chi connectivity index (χ0) is 45.1. The van der Waals surface area contributed by atoms with Crippen LogP contribution in [0.2, 0.25) is 5.02 Å². The maximum Gasteiger partial charge on any atom is 0.435 e. The zero-order valence-electron chi connectivity index (χ0n) is 33.1. The Morgan fingerprint density at radius 1 is 0.984 bits per heavy atom. The van der Waals surface area contributed by atoms with E-state index in [1.807, 2.05) is 0 Å². The van der Waals surface area contributed by atoms with Crippen molar-refractivity contribution in [3.8, 4) is 11.1 Å². The van der Waals surface area contributed by atoms with Crippen LogP contribution in [0.15, 0.2) is 42.5 Å². The molecule has 22 heteroatoms. The van der Waals surface area contributed by atoms with Gasteiger partial charge in [-0.25, -0.2) is 17.9 Å². The Balaban J connectivity index is 1.40. The van der Waals surface area contributed by atoms with Crippen molar-refractivity contribution in [1.82, 2.24) is 34.8 Å². The smallest absolute Gasteiger partial charge is 0.346 e. The van der Waals surface area contributed by atoms with Gasteiger partial charge in [-0.05, 0) is 73.9 Å². The number of hydrogen-bond acceptors (Lipinski definition) is 6. The third kappa shape index (κ3) is 8.78. The van der Waals surface area contributed by atoms with E-state index in [0.29, 0.717) is 29.5 Å². The maximum atomic E-state index is 15.4. The number of benzene rings is 2. The van der Waals surface area contributed by atoms with Gasteiger partial charge in [-0.3, -0.25) is 19.1 Å². The second-order valence-electron chi connectivity index (χ2n) is 15.1. The second-order valence-corrected chi connectivity index (χ2v) is 16.3. The van der Waals surface area contributed by atoms with Gasteiger partial charge in [-0.2, -0.15) is 45.3 Å². The monoisotopic (exact) mass is 918 g/mol. The predicted molar refractivity (Wildman–Crippen MR) is 211 cm³/mol. The van der Waals surface area contributed by atoms with Crippen molar-refractivity contribution in [2.75, 3.05) is 23.7 Å². The van der Waals surface area contributed by atoms with Gasteiger partial charge < -0.3 is 10.2 Å². The minimum atomic E-state index is -5.13. The number of alkyl halides is 8. The van der Waals surface area contributed by atoms with Gasteiger partial charge in [0, 0.05) is 53.7 Å². The maximum absolute atomic E-state index is 15.4. The van der Waals surface area contributed by atoms with Crippen molar-refractivity contribution < 1.29 is 53.5 Å². The van der Waals surface area contributed by atoms with Gasteiger partial charge in [0.15, 0.2) is 11.5 Å². The van der Waals surface area contributed by atoms with Crippen molar-refractivity contribution >= 4 is 52.2 Å². The first-order chi connectivity index (χ1) is 29.1. The average Bonchev–Trinajstić information content (AvgIpc) is 3.96.